The van der Waals surface area contributed by atoms with Gasteiger partial charge in [-0.25, -0.2) is 29.9 Å². The number of fused-ring (bicyclic) bond motifs is 7. The molecule has 0 aliphatic rings. The van der Waals surface area contributed by atoms with Gasteiger partial charge in [0.25, 0.3) is 0 Å². The van der Waals surface area contributed by atoms with Crippen LogP contribution in [0.25, 0.3) is 133 Å². The Morgan fingerprint density at radius 1 is 0.270 bits per heavy atom. The summed E-state index contributed by atoms with van der Waals surface area (Å²) in [5, 5.41) is 4.71. The molecule has 6 aromatic heterocycles. The third-order valence-electron chi connectivity index (χ3n) is 14.0. The van der Waals surface area contributed by atoms with Gasteiger partial charge in [-0.1, -0.05) is 121 Å². The molecule has 0 saturated carbocycles. The molecule has 8 aromatic carbocycles. The van der Waals surface area contributed by atoms with Crippen LogP contribution in [0, 0.1) is 0 Å². The van der Waals surface area contributed by atoms with Crippen LogP contribution in [-0.4, -0.2) is 39.0 Å². The normalized spacial score (nSPS) is 11.5. The molecule has 0 aliphatic carbocycles. The Morgan fingerprint density at radius 2 is 0.676 bits per heavy atom. The van der Waals surface area contributed by atoms with E-state index in [4.69, 9.17) is 9.97 Å². The third kappa shape index (κ3) is 7.40. The zero-order valence-corrected chi connectivity index (χ0v) is 39.8. The Morgan fingerprint density at radius 3 is 1.22 bits per heavy atom. The average molecular weight is 947 g/mol. The molecule has 74 heavy (non-hydrogen) atoms. The van der Waals surface area contributed by atoms with Crippen LogP contribution in [0.4, 0.5) is 0 Å². The van der Waals surface area contributed by atoms with Crippen molar-refractivity contribution in [3.63, 3.8) is 0 Å². The second-order valence-corrected chi connectivity index (χ2v) is 18.5. The van der Waals surface area contributed by atoms with Crippen molar-refractivity contribution in [1.82, 2.24) is 39.0 Å². The quantitative estimate of drug-likeness (QED) is 0.143. The van der Waals surface area contributed by atoms with E-state index in [0.29, 0.717) is 0 Å². The van der Waals surface area contributed by atoms with Crippen LogP contribution >= 0.6 is 0 Å². The summed E-state index contributed by atoms with van der Waals surface area (Å²) in [6.45, 7) is 0. The number of pyridine rings is 2. The van der Waals surface area contributed by atoms with Gasteiger partial charge in [0, 0.05) is 80.0 Å². The summed E-state index contributed by atoms with van der Waals surface area (Å²) in [6.07, 6.45) is 10.3. The Hall–Kier alpha value is -10.2. The molecule has 14 rings (SSSR count). The highest BCUT2D eigenvalue weighted by Crippen LogP contribution is 2.48. The zero-order chi connectivity index (χ0) is 49.0. The minimum Gasteiger partial charge on any atom is -0.307 e. The molecule has 0 spiro atoms. The van der Waals surface area contributed by atoms with E-state index in [-0.39, 0.29) is 0 Å². The number of hydrogen-bond donors (Lipinski definition) is 0. The summed E-state index contributed by atoms with van der Waals surface area (Å²) in [5.74, 6) is 0. The number of hydrogen-bond acceptors (Lipinski definition) is 6. The highest BCUT2D eigenvalue weighted by atomic mass is 15.0. The van der Waals surface area contributed by atoms with E-state index in [0.717, 1.165) is 112 Å². The van der Waals surface area contributed by atoms with E-state index in [1.807, 2.05) is 24.3 Å². The van der Waals surface area contributed by atoms with Gasteiger partial charge in [-0.2, -0.15) is 0 Å². The lowest BCUT2D eigenvalue weighted by atomic mass is 9.89. The van der Waals surface area contributed by atoms with Crippen molar-refractivity contribution in [2.75, 3.05) is 0 Å². The number of nitrogens with zero attached hydrogens (tertiary/aromatic N) is 8. The first kappa shape index (κ1) is 42.7. The molecular weight excluding hydrogens is 905 g/mol. The summed E-state index contributed by atoms with van der Waals surface area (Å²) in [4.78, 5) is 27.3. The molecule has 346 valence electrons. The second-order valence-electron chi connectivity index (χ2n) is 18.5. The lowest BCUT2D eigenvalue weighted by Gasteiger charge is -2.16. The van der Waals surface area contributed by atoms with Crippen molar-refractivity contribution in [2.24, 2.45) is 0 Å². The molecule has 8 heteroatoms. The lowest BCUT2D eigenvalue weighted by Crippen LogP contribution is -1.99. The molecule has 0 amide bonds. The van der Waals surface area contributed by atoms with Crippen molar-refractivity contribution in [3.8, 4) is 89.8 Å². The minimum absolute atomic E-state index is 0.817. The SMILES string of the molecule is c1ccc(-n2c3ccccc3c3cc(-c4cc(-c5cccc(-c6cccc(-c7cncnc7)n6)c5)cc(-c5cccc(-c6cccc(-c7cncnc7)n6)c5)c4)c4c5ccccc5n(-c5ccccc5)c4c32)cc1. The van der Waals surface area contributed by atoms with E-state index < -0.39 is 0 Å². The first-order valence-electron chi connectivity index (χ1n) is 24.6. The zero-order valence-electron chi connectivity index (χ0n) is 39.8. The monoisotopic (exact) mass is 946 g/mol. The van der Waals surface area contributed by atoms with E-state index in [1.165, 1.54) is 21.5 Å². The molecule has 0 bridgehead atoms. The first-order chi connectivity index (χ1) is 36.7. The summed E-state index contributed by atoms with van der Waals surface area (Å²) in [6, 6.07) is 78.4. The molecule has 0 radical (unpaired) electrons. The van der Waals surface area contributed by atoms with Gasteiger partial charge in [0.15, 0.2) is 0 Å². The predicted octanol–water partition coefficient (Wildman–Crippen LogP) is 15.9. The van der Waals surface area contributed by atoms with Gasteiger partial charge in [0.2, 0.25) is 0 Å². The van der Waals surface area contributed by atoms with E-state index in [1.54, 1.807) is 37.4 Å². The van der Waals surface area contributed by atoms with Crippen molar-refractivity contribution in [2.45, 2.75) is 0 Å². The highest BCUT2D eigenvalue weighted by Gasteiger charge is 2.25. The number of aromatic nitrogens is 8. The van der Waals surface area contributed by atoms with E-state index in [2.05, 4.69) is 223 Å². The maximum atomic E-state index is 5.11. The largest absolute Gasteiger partial charge is 0.307 e. The van der Waals surface area contributed by atoms with Gasteiger partial charge < -0.3 is 9.13 Å². The molecule has 0 unspecified atom stereocenters. The highest BCUT2D eigenvalue weighted by molar-refractivity contribution is 6.28. The molecular formula is C66H42N8. The van der Waals surface area contributed by atoms with Gasteiger partial charge in [-0.15, -0.1) is 0 Å². The molecule has 0 fully saturated rings. The maximum absolute atomic E-state index is 5.11. The Bertz CT molecular complexity index is 4270. The van der Waals surface area contributed by atoms with Crippen molar-refractivity contribution < 1.29 is 0 Å². The van der Waals surface area contributed by atoms with Crippen LogP contribution in [-0.2, 0) is 0 Å². The maximum Gasteiger partial charge on any atom is 0.115 e. The van der Waals surface area contributed by atoms with Crippen LogP contribution in [0.15, 0.2) is 256 Å². The van der Waals surface area contributed by atoms with E-state index in [9.17, 15) is 0 Å². The Balaban J connectivity index is 1.05. The van der Waals surface area contributed by atoms with E-state index >= 15 is 0 Å². The minimum atomic E-state index is 0.817. The molecule has 14 aromatic rings. The van der Waals surface area contributed by atoms with Gasteiger partial charge in [-0.3, -0.25) is 0 Å². The predicted molar refractivity (Wildman–Crippen MR) is 300 cm³/mol. The van der Waals surface area contributed by atoms with Crippen molar-refractivity contribution in [3.05, 3.63) is 256 Å². The average Bonchev–Trinajstić information content (AvgIpc) is 4.04. The lowest BCUT2D eigenvalue weighted by molar-refractivity contribution is 1.15. The fourth-order valence-corrected chi connectivity index (χ4v) is 10.7. The Labute approximate surface area is 426 Å². The van der Waals surface area contributed by atoms with Crippen LogP contribution in [0.2, 0.25) is 0 Å². The fraction of sp³-hybridized carbons (Fsp3) is 0. The molecule has 0 saturated heterocycles. The first-order valence-corrected chi connectivity index (χ1v) is 24.6. The van der Waals surface area contributed by atoms with Crippen LogP contribution < -0.4 is 0 Å². The Kier molecular flexibility index (Phi) is 10.3. The molecule has 8 nitrogen and oxygen atoms in total. The van der Waals surface area contributed by atoms with Gasteiger partial charge in [0.1, 0.15) is 12.7 Å². The summed E-state index contributed by atoms with van der Waals surface area (Å²) in [7, 11) is 0. The molecule has 0 N–H and O–H groups in total. The van der Waals surface area contributed by atoms with Gasteiger partial charge in [-0.05, 0) is 130 Å². The summed E-state index contributed by atoms with van der Waals surface area (Å²) >= 11 is 0. The van der Waals surface area contributed by atoms with Crippen molar-refractivity contribution in [1.29, 1.82) is 0 Å². The number of benzene rings is 8. The summed E-state index contributed by atoms with van der Waals surface area (Å²) in [5.41, 5.74) is 20.4. The number of rotatable bonds is 9. The van der Waals surface area contributed by atoms with Crippen LogP contribution in [0.1, 0.15) is 0 Å². The second kappa shape index (κ2) is 17.9. The molecule has 6 heterocycles. The van der Waals surface area contributed by atoms with Crippen LogP contribution in [0.3, 0.4) is 0 Å². The fourth-order valence-electron chi connectivity index (χ4n) is 10.7. The number of para-hydroxylation sites is 4. The summed E-state index contributed by atoms with van der Waals surface area (Å²) < 4.78 is 4.92. The smallest absolute Gasteiger partial charge is 0.115 e. The topological polar surface area (TPSA) is 87.2 Å². The van der Waals surface area contributed by atoms with Gasteiger partial charge in [0.05, 0.1) is 44.8 Å². The van der Waals surface area contributed by atoms with Gasteiger partial charge >= 0.3 is 0 Å². The third-order valence-corrected chi connectivity index (χ3v) is 14.0. The standard InChI is InChI=1S/C66H42N8/c1-3-19-52(20-4-1)73-62-29-9-7-23-54(62)57-36-56(64-55-24-8-10-30-63(55)74(66(64)65(57)73)53-21-5-2-6-22-53)49-34-47(43-15-11-17-45(31-43)58-25-13-27-60(71-58)50-37-67-41-68-38-50)33-48(35-49)44-16-12-18-46(32-44)59-26-14-28-61(72-59)51-39-69-42-70-40-51/h1-42H. The van der Waals surface area contributed by atoms with Crippen LogP contribution in [0.5, 0.6) is 0 Å². The molecule has 0 atom stereocenters. The van der Waals surface area contributed by atoms with Crippen molar-refractivity contribution >= 4 is 43.6 Å². The molecule has 0 aliphatic heterocycles.